The van der Waals surface area contributed by atoms with Gasteiger partial charge in [-0.1, -0.05) is 18.2 Å². The first-order valence-corrected chi connectivity index (χ1v) is 8.57. The van der Waals surface area contributed by atoms with E-state index in [1.165, 1.54) is 19.1 Å². The van der Waals surface area contributed by atoms with Crippen LogP contribution in [0, 0.1) is 12.7 Å². The number of esters is 1. The van der Waals surface area contributed by atoms with E-state index in [-0.39, 0.29) is 0 Å². The summed E-state index contributed by atoms with van der Waals surface area (Å²) >= 11 is 0. The van der Waals surface area contributed by atoms with Gasteiger partial charge in [-0.3, -0.25) is 4.79 Å². The van der Waals surface area contributed by atoms with E-state index in [4.69, 9.17) is 9.47 Å². The molecule has 0 saturated heterocycles. The molecule has 1 amide bonds. The fraction of sp³-hybridized carbons (Fsp3) is 0.238. The molecule has 2 rings (SSSR count). The fourth-order valence-electron chi connectivity index (χ4n) is 2.19. The molecule has 0 aliphatic heterocycles. The Morgan fingerprint density at radius 3 is 2.52 bits per heavy atom. The second-order valence-electron chi connectivity index (χ2n) is 5.87. The number of amides is 1. The molecule has 1 unspecified atom stereocenters. The number of hydrogen-bond acceptors (Lipinski definition) is 4. The third-order valence-electron chi connectivity index (χ3n) is 3.70. The minimum atomic E-state index is -1.02. The first-order chi connectivity index (χ1) is 12.9. The number of nitrogens with one attached hydrogen (secondary N) is 1. The van der Waals surface area contributed by atoms with Gasteiger partial charge in [-0.2, -0.15) is 0 Å². The molecule has 0 bridgehead atoms. The number of rotatable bonds is 7. The molecule has 0 saturated carbocycles. The zero-order chi connectivity index (χ0) is 19.8. The van der Waals surface area contributed by atoms with Crippen LogP contribution in [-0.4, -0.2) is 24.6 Å². The van der Waals surface area contributed by atoms with Crippen LogP contribution in [0.25, 0.3) is 6.08 Å². The first kappa shape index (κ1) is 20.2. The maximum Gasteiger partial charge on any atom is 0.331 e. The summed E-state index contributed by atoms with van der Waals surface area (Å²) in [5, 5.41) is 2.51. The van der Waals surface area contributed by atoms with E-state index in [0.717, 1.165) is 11.3 Å². The third kappa shape index (κ3) is 6.26. The molecule has 0 aliphatic rings. The summed E-state index contributed by atoms with van der Waals surface area (Å²) in [4.78, 5) is 23.9. The molecule has 0 aliphatic carbocycles. The number of anilines is 1. The van der Waals surface area contributed by atoms with Crippen LogP contribution in [0.4, 0.5) is 10.1 Å². The molecule has 0 radical (unpaired) electrons. The summed E-state index contributed by atoms with van der Waals surface area (Å²) in [5.41, 5.74) is 1.57. The van der Waals surface area contributed by atoms with Crippen molar-refractivity contribution >= 4 is 23.6 Å². The SMILES string of the molecule is CCOc1ccc(/C=C/C(=O)OC(C)C(=O)Nc2ccc(C)c(F)c2)cc1. The van der Waals surface area contributed by atoms with Crippen LogP contribution in [0.5, 0.6) is 5.75 Å². The van der Waals surface area contributed by atoms with Crippen molar-refractivity contribution in [2.45, 2.75) is 26.9 Å². The molecule has 0 heterocycles. The Labute approximate surface area is 157 Å². The monoisotopic (exact) mass is 371 g/mol. The number of ether oxygens (including phenoxy) is 2. The molecular formula is C21H22FNO4. The van der Waals surface area contributed by atoms with Crippen molar-refractivity contribution in [2.24, 2.45) is 0 Å². The van der Waals surface area contributed by atoms with Crippen molar-refractivity contribution in [1.29, 1.82) is 0 Å². The second-order valence-corrected chi connectivity index (χ2v) is 5.87. The van der Waals surface area contributed by atoms with Gasteiger partial charge in [0.05, 0.1) is 6.61 Å². The van der Waals surface area contributed by atoms with Crippen LogP contribution in [0.1, 0.15) is 25.0 Å². The van der Waals surface area contributed by atoms with Crippen LogP contribution in [0.15, 0.2) is 48.5 Å². The van der Waals surface area contributed by atoms with E-state index in [2.05, 4.69) is 5.32 Å². The Morgan fingerprint density at radius 1 is 1.19 bits per heavy atom. The number of hydrogen-bond donors (Lipinski definition) is 1. The standard InChI is InChI=1S/C21H22FNO4/c1-4-26-18-10-6-16(7-11-18)8-12-20(24)27-15(3)21(25)23-17-9-5-14(2)19(22)13-17/h5-13,15H,4H2,1-3H3,(H,23,25)/b12-8+. The van der Waals surface area contributed by atoms with Gasteiger partial charge in [0.25, 0.3) is 5.91 Å². The highest BCUT2D eigenvalue weighted by atomic mass is 19.1. The van der Waals surface area contributed by atoms with Crippen LogP contribution >= 0.6 is 0 Å². The summed E-state index contributed by atoms with van der Waals surface area (Å²) in [7, 11) is 0. The van der Waals surface area contributed by atoms with Crippen LogP contribution in [-0.2, 0) is 14.3 Å². The van der Waals surface area contributed by atoms with Crippen molar-refractivity contribution in [1.82, 2.24) is 0 Å². The van der Waals surface area contributed by atoms with Crippen LogP contribution < -0.4 is 10.1 Å². The van der Waals surface area contributed by atoms with Crippen molar-refractivity contribution in [2.75, 3.05) is 11.9 Å². The van der Waals surface area contributed by atoms with Gasteiger partial charge in [-0.15, -0.1) is 0 Å². The lowest BCUT2D eigenvalue weighted by Gasteiger charge is -2.12. The quantitative estimate of drug-likeness (QED) is 0.587. The molecule has 0 fully saturated rings. The van der Waals surface area contributed by atoms with Crippen molar-refractivity contribution in [3.05, 3.63) is 65.5 Å². The van der Waals surface area contributed by atoms with Gasteiger partial charge in [0.15, 0.2) is 6.10 Å². The molecule has 0 spiro atoms. The van der Waals surface area contributed by atoms with Gasteiger partial charge in [-0.25, -0.2) is 9.18 Å². The molecule has 142 valence electrons. The lowest BCUT2D eigenvalue weighted by Crippen LogP contribution is -2.29. The molecule has 1 N–H and O–H groups in total. The highest BCUT2D eigenvalue weighted by Crippen LogP contribution is 2.15. The minimum absolute atomic E-state index is 0.302. The molecule has 5 nitrogen and oxygen atoms in total. The number of aryl methyl sites for hydroxylation is 1. The highest BCUT2D eigenvalue weighted by Gasteiger charge is 2.17. The normalized spacial score (nSPS) is 11.9. The van der Waals surface area contributed by atoms with Crippen LogP contribution in [0.2, 0.25) is 0 Å². The van der Waals surface area contributed by atoms with Gasteiger partial charge in [-0.05, 0) is 62.2 Å². The summed E-state index contributed by atoms with van der Waals surface area (Å²) in [6, 6.07) is 11.6. The topological polar surface area (TPSA) is 64.6 Å². The number of carbonyl (C=O) groups excluding carboxylic acids is 2. The van der Waals surface area contributed by atoms with E-state index in [1.54, 1.807) is 49.4 Å². The molecular weight excluding hydrogens is 349 g/mol. The largest absolute Gasteiger partial charge is 0.494 e. The molecule has 6 heteroatoms. The Hall–Kier alpha value is -3.15. The van der Waals surface area contributed by atoms with Gasteiger partial charge < -0.3 is 14.8 Å². The molecule has 0 aromatic heterocycles. The fourth-order valence-corrected chi connectivity index (χ4v) is 2.19. The Kier molecular flexibility index (Phi) is 7.11. The summed E-state index contributed by atoms with van der Waals surface area (Å²) in [6.45, 7) is 5.55. The van der Waals surface area contributed by atoms with Gasteiger partial charge >= 0.3 is 5.97 Å². The summed E-state index contributed by atoms with van der Waals surface area (Å²) < 4.78 is 23.9. The number of benzene rings is 2. The Balaban J connectivity index is 1.88. The smallest absolute Gasteiger partial charge is 0.331 e. The van der Waals surface area contributed by atoms with Gasteiger partial charge in [0, 0.05) is 11.8 Å². The van der Waals surface area contributed by atoms with E-state index in [9.17, 15) is 14.0 Å². The zero-order valence-electron chi connectivity index (χ0n) is 15.5. The van der Waals surface area contributed by atoms with Crippen molar-refractivity contribution in [3.63, 3.8) is 0 Å². The predicted molar refractivity (Wildman–Crippen MR) is 102 cm³/mol. The highest BCUT2D eigenvalue weighted by molar-refractivity contribution is 5.96. The number of carbonyl (C=O) groups is 2. The van der Waals surface area contributed by atoms with E-state index in [0.29, 0.717) is 17.9 Å². The van der Waals surface area contributed by atoms with E-state index in [1.807, 2.05) is 6.92 Å². The predicted octanol–water partition coefficient (Wildman–Crippen LogP) is 4.12. The minimum Gasteiger partial charge on any atom is -0.494 e. The maximum atomic E-state index is 13.5. The van der Waals surface area contributed by atoms with E-state index < -0.39 is 23.8 Å². The third-order valence-corrected chi connectivity index (χ3v) is 3.70. The van der Waals surface area contributed by atoms with Crippen molar-refractivity contribution in [3.8, 4) is 5.75 Å². The summed E-state index contributed by atoms with van der Waals surface area (Å²) in [5.74, 6) is -0.867. The van der Waals surface area contributed by atoms with Gasteiger partial charge in [0.1, 0.15) is 11.6 Å². The molecule has 1 atom stereocenters. The molecule has 27 heavy (non-hydrogen) atoms. The lowest BCUT2D eigenvalue weighted by atomic mass is 10.2. The summed E-state index contributed by atoms with van der Waals surface area (Å²) in [6.07, 6.45) is 1.80. The molecule has 2 aromatic carbocycles. The van der Waals surface area contributed by atoms with Crippen molar-refractivity contribution < 1.29 is 23.5 Å². The Morgan fingerprint density at radius 2 is 1.89 bits per heavy atom. The van der Waals surface area contributed by atoms with Crippen LogP contribution in [0.3, 0.4) is 0 Å². The van der Waals surface area contributed by atoms with E-state index >= 15 is 0 Å². The number of halogens is 1. The van der Waals surface area contributed by atoms with Gasteiger partial charge in [0.2, 0.25) is 0 Å². The molecule has 2 aromatic rings. The second kappa shape index (κ2) is 9.52. The maximum absolute atomic E-state index is 13.5. The first-order valence-electron chi connectivity index (χ1n) is 8.57. The average molecular weight is 371 g/mol. The average Bonchev–Trinajstić information content (AvgIpc) is 2.64. The zero-order valence-corrected chi connectivity index (χ0v) is 15.5. The lowest BCUT2D eigenvalue weighted by molar-refractivity contribution is -0.148. The Bertz CT molecular complexity index is 831.